The van der Waals surface area contributed by atoms with Crippen molar-refractivity contribution in [2.24, 2.45) is 0 Å². The standard InChI is InChI=1S/C15H13F4NO3S/c16-13-6-1-2-7-14(13)24(21,22)20-8-9-23-12-5-3-4-11(10-12)15(17,18)19/h1-7,10,20H,8-9H2. The minimum atomic E-state index is -4.49. The van der Waals surface area contributed by atoms with E-state index in [2.05, 4.69) is 4.72 Å². The lowest BCUT2D eigenvalue weighted by atomic mass is 10.2. The van der Waals surface area contributed by atoms with Gasteiger partial charge in [-0.05, 0) is 30.3 Å². The second-order valence-corrected chi connectivity index (χ2v) is 6.44. The number of sulfonamides is 1. The van der Waals surface area contributed by atoms with Crippen LogP contribution in [0, 0.1) is 5.82 Å². The zero-order valence-corrected chi connectivity index (χ0v) is 13.0. The van der Waals surface area contributed by atoms with E-state index in [1.165, 1.54) is 24.3 Å². The van der Waals surface area contributed by atoms with Crippen LogP contribution in [0.4, 0.5) is 17.6 Å². The van der Waals surface area contributed by atoms with Gasteiger partial charge < -0.3 is 4.74 Å². The molecule has 0 saturated carbocycles. The number of halogens is 4. The monoisotopic (exact) mass is 363 g/mol. The molecule has 2 rings (SSSR count). The van der Waals surface area contributed by atoms with E-state index in [4.69, 9.17) is 4.74 Å². The Morgan fingerprint density at radius 3 is 2.42 bits per heavy atom. The summed E-state index contributed by atoms with van der Waals surface area (Å²) in [5.74, 6) is -0.946. The molecule has 0 aliphatic carbocycles. The van der Waals surface area contributed by atoms with Gasteiger partial charge in [-0.25, -0.2) is 17.5 Å². The lowest BCUT2D eigenvalue weighted by Gasteiger charge is -2.11. The normalized spacial score (nSPS) is 12.2. The first-order valence-electron chi connectivity index (χ1n) is 6.74. The average molecular weight is 363 g/mol. The molecule has 0 spiro atoms. The Morgan fingerprint density at radius 1 is 1.04 bits per heavy atom. The number of ether oxygens (including phenoxy) is 1. The highest BCUT2D eigenvalue weighted by atomic mass is 32.2. The van der Waals surface area contributed by atoms with E-state index < -0.39 is 32.5 Å². The molecule has 130 valence electrons. The molecular weight excluding hydrogens is 350 g/mol. The van der Waals surface area contributed by atoms with Gasteiger partial charge in [0.05, 0.1) is 5.56 Å². The molecule has 2 aromatic carbocycles. The fourth-order valence-corrected chi connectivity index (χ4v) is 2.94. The lowest BCUT2D eigenvalue weighted by molar-refractivity contribution is -0.137. The summed E-state index contributed by atoms with van der Waals surface area (Å²) in [4.78, 5) is -0.510. The Balaban J connectivity index is 1.93. The Bertz CT molecular complexity index is 806. The molecule has 0 amide bonds. The smallest absolute Gasteiger partial charge is 0.416 e. The molecule has 24 heavy (non-hydrogen) atoms. The van der Waals surface area contributed by atoms with E-state index in [1.54, 1.807) is 0 Å². The summed E-state index contributed by atoms with van der Waals surface area (Å²) in [6, 6.07) is 9.04. The first-order chi connectivity index (χ1) is 11.2. The van der Waals surface area contributed by atoms with Crippen LogP contribution in [0.1, 0.15) is 5.56 Å². The zero-order valence-electron chi connectivity index (χ0n) is 12.2. The van der Waals surface area contributed by atoms with Crippen molar-refractivity contribution in [3.8, 4) is 5.75 Å². The van der Waals surface area contributed by atoms with Crippen LogP contribution in [0.15, 0.2) is 53.4 Å². The quantitative estimate of drug-likeness (QED) is 0.633. The number of benzene rings is 2. The summed E-state index contributed by atoms with van der Waals surface area (Å²) in [6.07, 6.45) is -4.49. The predicted molar refractivity (Wildman–Crippen MR) is 78.5 cm³/mol. The maximum absolute atomic E-state index is 13.5. The highest BCUT2D eigenvalue weighted by Gasteiger charge is 2.30. The van der Waals surface area contributed by atoms with Crippen LogP contribution in [-0.2, 0) is 16.2 Å². The maximum atomic E-state index is 13.5. The van der Waals surface area contributed by atoms with Crippen LogP contribution >= 0.6 is 0 Å². The molecule has 0 unspecified atom stereocenters. The van der Waals surface area contributed by atoms with Crippen molar-refractivity contribution >= 4 is 10.0 Å². The van der Waals surface area contributed by atoms with Crippen LogP contribution in [0.2, 0.25) is 0 Å². The highest BCUT2D eigenvalue weighted by Crippen LogP contribution is 2.31. The van der Waals surface area contributed by atoms with Gasteiger partial charge in [-0.2, -0.15) is 13.2 Å². The van der Waals surface area contributed by atoms with Gasteiger partial charge in [-0.1, -0.05) is 18.2 Å². The average Bonchev–Trinajstić information content (AvgIpc) is 2.51. The first-order valence-corrected chi connectivity index (χ1v) is 8.23. The molecule has 0 aliphatic rings. The molecule has 9 heteroatoms. The Morgan fingerprint density at radius 2 is 1.75 bits per heavy atom. The topological polar surface area (TPSA) is 55.4 Å². The fourth-order valence-electron chi connectivity index (χ4n) is 1.85. The van der Waals surface area contributed by atoms with Crippen molar-refractivity contribution < 1.29 is 30.7 Å². The summed E-state index contributed by atoms with van der Waals surface area (Å²) in [5, 5.41) is 0. The van der Waals surface area contributed by atoms with Crippen molar-refractivity contribution in [3.63, 3.8) is 0 Å². The van der Waals surface area contributed by atoms with E-state index in [0.717, 1.165) is 24.3 Å². The van der Waals surface area contributed by atoms with Crippen LogP contribution < -0.4 is 9.46 Å². The van der Waals surface area contributed by atoms with E-state index in [9.17, 15) is 26.0 Å². The van der Waals surface area contributed by atoms with E-state index in [1.807, 2.05) is 0 Å². The van der Waals surface area contributed by atoms with Gasteiger partial charge in [0.25, 0.3) is 0 Å². The summed E-state index contributed by atoms with van der Waals surface area (Å²) in [5.41, 5.74) is -0.869. The van der Waals surface area contributed by atoms with Crippen molar-refractivity contribution in [2.75, 3.05) is 13.2 Å². The fraction of sp³-hybridized carbons (Fsp3) is 0.200. The van der Waals surface area contributed by atoms with Gasteiger partial charge in [0.15, 0.2) is 0 Å². The molecule has 2 aromatic rings. The van der Waals surface area contributed by atoms with E-state index >= 15 is 0 Å². The molecule has 0 radical (unpaired) electrons. The Labute approximate surface area is 136 Å². The van der Waals surface area contributed by atoms with Gasteiger partial charge in [-0.15, -0.1) is 0 Å². The number of nitrogens with one attached hydrogen (secondary N) is 1. The Kier molecular flexibility index (Phi) is 5.45. The lowest BCUT2D eigenvalue weighted by Crippen LogP contribution is -2.29. The second kappa shape index (κ2) is 7.18. The molecule has 1 N–H and O–H groups in total. The number of hydrogen-bond donors (Lipinski definition) is 1. The van der Waals surface area contributed by atoms with E-state index in [-0.39, 0.29) is 18.9 Å². The molecule has 0 heterocycles. The summed E-state index contributed by atoms with van der Waals surface area (Å²) < 4.78 is 82.1. The third-order valence-corrected chi connectivity index (χ3v) is 4.44. The third-order valence-electron chi connectivity index (χ3n) is 2.95. The third kappa shape index (κ3) is 4.68. The minimum Gasteiger partial charge on any atom is -0.492 e. The predicted octanol–water partition coefficient (Wildman–Crippen LogP) is 3.20. The molecule has 4 nitrogen and oxygen atoms in total. The van der Waals surface area contributed by atoms with Crippen LogP contribution in [0.5, 0.6) is 5.75 Å². The summed E-state index contributed by atoms with van der Waals surface area (Å²) in [6.45, 7) is -0.443. The molecule has 0 bridgehead atoms. The first kappa shape index (κ1) is 18.2. The van der Waals surface area contributed by atoms with Gasteiger partial charge in [0.1, 0.15) is 23.1 Å². The number of hydrogen-bond acceptors (Lipinski definition) is 3. The highest BCUT2D eigenvalue weighted by molar-refractivity contribution is 7.89. The largest absolute Gasteiger partial charge is 0.492 e. The number of rotatable bonds is 6. The van der Waals surface area contributed by atoms with Crippen LogP contribution in [-0.4, -0.2) is 21.6 Å². The second-order valence-electron chi connectivity index (χ2n) is 4.70. The number of alkyl halides is 3. The van der Waals surface area contributed by atoms with Crippen LogP contribution in [0.25, 0.3) is 0 Å². The summed E-state index contributed by atoms with van der Waals surface area (Å²) >= 11 is 0. The van der Waals surface area contributed by atoms with Crippen molar-refractivity contribution in [3.05, 3.63) is 59.9 Å². The SMILES string of the molecule is O=S(=O)(NCCOc1cccc(C(F)(F)F)c1)c1ccccc1F. The Hall–Kier alpha value is -2.13. The molecular formula is C15H13F4NO3S. The molecule has 0 saturated heterocycles. The molecule has 0 aliphatic heterocycles. The van der Waals surface area contributed by atoms with Gasteiger partial charge in [0, 0.05) is 6.54 Å². The molecule has 0 atom stereocenters. The van der Waals surface area contributed by atoms with Gasteiger partial charge >= 0.3 is 6.18 Å². The van der Waals surface area contributed by atoms with Gasteiger partial charge in [0.2, 0.25) is 10.0 Å². The van der Waals surface area contributed by atoms with Crippen LogP contribution in [0.3, 0.4) is 0 Å². The maximum Gasteiger partial charge on any atom is 0.416 e. The van der Waals surface area contributed by atoms with Crippen molar-refractivity contribution in [1.29, 1.82) is 0 Å². The summed E-state index contributed by atoms with van der Waals surface area (Å²) in [7, 11) is -4.06. The van der Waals surface area contributed by atoms with E-state index in [0.29, 0.717) is 0 Å². The van der Waals surface area contributed by atoms with Crippen molar-refractivity contribution in [1.82, 2.24) is 4.72 Å². The van der Waals surface area contributed by atoms with Crippen molar-refractivity contribution in [2.45, 2.75) is 11.1 Å². The van der Waals surface area contributed by atoms with Gasteiger partial charge in [-0.3, -0.25) is 0 Å². The molecule has 0 aromatic heterocycles. The zero-order chi connectivity index (χ0) is 17.8. The molecule has 0 fully saturated rings. The minimum absolute atomic E-state index is 0.0464.